The molecular weight excluding hydrogens is 261 g/mol. The van der Waals surface area contributed by atoms with Gasteiger partial charge in [-0.3, -0.25) is 4.57 Å². The lowest BCUT2D eigenvalue weighted by molar-refractivity contribution is 0.228. The quantitative estimate of drug-likeness (QED) is 0.713. The SMILES string of the molecule is CCOP(=O)(/C=C(\c1ccccc1)N(C)C)OCC. The van der Waals surface area contributed by atoms with E-state index in [1.165, 1.54) is 0 Å². The van der Waals surface area contributed by atoms with Gasteiger partial charge in [0, 0.05) is 14.1 Å². The average Bonchev–Trinajstić information content (AvgIpc) is 2.37. The van der Waals surface area contributed by atoms with Gasteiger partial charge in [0.2, 0.25) is 0 Å². The van der Waals surface area contributed by atoms with Gasteiger partial charge in [-0.15, -0.1) is 0 Å². The number of rotatable bonds is 7. The summed E-state index contributed by atoms with van der Waals surface area (Å²) in [4.78, 5) is 1.90. The van der Waals surface area contributed by atoms with Crippen LogP contribution in [0.3, 0.4) is 0 Å². The Kier molecular flexibility index (Phi) is 6.29. The van der Waals surface area contributed by atoms with E-state index in [1.807, 2.05) is 49.3 Å². The molecule has 0 atom stereocenters. The van der Waals surface area contributed by atoms with E-state index in [-0.39, 0.29) is 0 Å². The summed E-state index contributed by atoms with van der Waals surface area (Å²) >= 11 is 0. The van der Waals surface area contributed by atoms with Crippen LogP contribution in [-0.4, -0.2) is 32.2 Å². The molecule has 1 aromatic rings. The molecule has 0 aliphatic rings. The highest BCUT2D eigenvalue weighted by molar-refractivity contribution is 7.57. The molecule has 0 amide bonds. The van der Waals surface area contributed by atoms with E-state index in [1.54, 1.807) is 19.7 Å². The van der Waals surface area contributed by atoms with Crippen LogP contribution in [0.25, 0.3) is 5.70 Å². The summed E-state index contributed by atoms with van der Waals surface area (Å²) in [5.74, 6) is 1.59. The molecule has 106 valence electrons. The maximum absolute atomic E-state index is 12.6. The summed E-state index contributed by atoms with van der Waals surface area (Å²) in [5, 5.41) is 0. The van der Waals surface area contributed by atoms with Crippen molar-refractivity contribution in [3.8, 4) is 0 Å². The van der Waals surface area contributed by atoms with Crippen molar-refractivity contribution < 1.29 is 13.6 Å². The molecule has 0 aliphatic heterocycles. The molecule has 1 aromatic carbocycles. The normalized spacial score (nSPS) is 12.5. The first kappa shape index (κ1) is 16.0. The third kappa shape index (κ3) is 4.83. The number of benzene rings is 1. The zero-order valence-electron chi connectivity index (χ0n) is 12.0. The first-order chi connectivity index (χ1) is 9.02. The lowest BCUT2D eigenvalue weighted by atomic mass is 10.2. The Bertz CT molecular complexity index is 447. The van der Waals surface area contributed by atoms with Crippen molar-refractivity contribution in [3.63, 3.8) is 0 Å². The number of hydrogen-bond donors (Lipinski definition) is 0. The summed E-state index contributed by atoms with van der Waals surface area (Å²) in [6.45, 7) is 4.31. The second-order valence-corrected chi connectivity index (χ2v) is 6.00. The van der Waals surface area contributed by atoms with Gasteiger partial charge in [0.25, 0.3) is 0 Å². The summed E-state index contributed by atoms with van der Waals surface area (Å²) in [6.07, 6.45) is 0. The molecule has 5 heteroatoms. The molecule has 0 bridgehead atoms. The zero-order chi connectivity index (χ0) is 14.3. The Balaban J connectivity index is 3.17. The van der Waals surface area contributed by atoms with Crippen molar-refractivity contribution >= 4 is 13.3 Å². The van der Waals surface area contributed by atoms with E-state index in [2.05, 4.69) is 0 Å². The fourth-order valence-corrected chi connectivity index (χ4v) is 3.30. The van der Waals surface area contributed by atoms with E-state index >= 15 is 0 Å². The highest BCUT2D eigenvalue weighted by Gasteiger charge is 2.22. The minimum atomic E-state index is -3.20. The summed E-state index contributed by atoms with van der Waals surface area (Å²) in [7, 11) is 0.609. The van der Waals surface area contributed by atoms with Crippen molar-refractivity contribution in [2.24, 2.45) is 0 Å². The Hall–Kier alpha value is -1.09. The van der Waals surface area contributed by atoms with Crippen LogP contribution in [-0.2, 0) is 13.6 Å². The Morgan fingerprint density at radius 1 is 1.16 bits per heavy atom. The molecule has 0 spiro atoms. The van der Waals surface area contributed by atoms with Crippen LogP contribution in [0.2, 0.25) is 0 Å². The summed E-state index contributed by atoms with van der Waals surface area (Å²) in [6, 6.07) is 9.77. The predicted octanol–water partition coefficient (Wildman–Crippen LogP) is 3.81. The van der Waals surface area contributed by atoms with Crippen LogP contribution in [0.15, 0.2) is 36.1 Å². The highest BCUT2D eigenvalue weighted by atomic mass is 31.2. The van der Waals surface area contributed by atoms with Crippen LogP contribution < -0.4 is 0 Å². The predicted molar refractivity (Wildman–Crippen MR) is 79.0 cm³/mol. The van der Waals surface area contributed by atoms with Gasteiger partial charge in [-0.05, 0) is 19.4 Å². The minimum Gasteiger partial charge on any atom is -0.377 e. The maximum atomic E-state index is 12.6. The Labute approximate surface area is 115 Å². The second-order valence-electron chi connectivity index (χ2n) is 4.15. The smallest absolute Gasteiger partial charge is 0.356 e. The molecule has 19 heavy (non-hydrogen) atoms. The number of nitrogens with zero attached hydrogens (tertiary/aromatic N) is 1. The Morgan fingerprint density at radius 3 is 2.11 bits per heavy atom. The van der Waals surface area contributed by atoms with Gasteiger partial charge in [0.15, 0.2) is 0 Å². The van der Waals surface area contributed by atoms with Crippen LogP contribution in [0, 0.1) is 0 Å². The van der Waals surface area contributed by atoms with E-state index in [4.69, 9.17) is 9.05 Å². The van der Waals surface area contributed by atoms with E-state index in [0.29, 0.717) is 13.2 Å². The maximum Gasteiger partial charge on any atom is 0.356 e. The molecule has 0 heterocycles. The third-order valence-corrected chi connectivity index (χ3v) is 4.25. The lowest BCUT2D eigenvalue weighted by Gasteiger charge is -2.21. The fraction of sp³-hybridized carbons (Fsp3) is 0.429. The zero-order valence-corrected chi connectivity index (χ0v) is 12.9. The monoisotopic (exact) mass is 283 g/mol. The van der Waals surface area contributed by atoms with Gasteiger partial charge >= 0.3 is 7.60 Å². The van der Waals surface area contributed by atoms with Crippen LogP contribution in [0.4, 0.5) is 0 Å². The van der Waals surface area contributed by atoms with Gasteiger partial charge in [0.1, 0.15) is 0 Å². The topological polar surface area (TPSA) is 38.8 Å². The van der Waals surface area contributed by atoms with Gasteiger partial charge in [-0.2, -0.15) is 0 Å². The first-order valence-corrected chi connectivity index (χ1v) is 7.98. The Morgan fingerprint density at radius 2 is 1.68 bits per heavy atom. The molecule has 0 N–H and O–H groups in total. The van der Waals surface area contributed by atoms with Crippen LogP contribution in [0.1, 0.15) is 19.4 Å². The standard InChI is InChI=1S/C14H22NO3P/c1-5-17-19(16,18-6-2)12-14(15(3)4)13-10-8-7-9-11-13/h7-12H,5-6H2,1-4H3/b14-12+. The van der Waals surface area contributed by atoms with Crippen molar-refractivity contribution in [2.45, 2.75) is 13.8 Å². The molecule has 1 rings (SSSR count). The number of hydrogen-bond acceptors (Lipinski definition) is 4. The van der Waals surface area contributed by atoms with Gasteiger partial charge < -0.3 is 13.9 Å². The molecule has 0 aromatic heterocycles. The highest BCUT2D eigenvalue weighted by Crippen LogP contribution is 2.51. The van der Waals surface area contributed by atoms with Crippen LogP contribution >= 0.6 is 7.60 Å². The van der Waals surface area contributed by atoms with Gasteiger partial charge in [-0.25, -0.2) is 0 Å². The molecular formula is C14H22NO3P. The molecule has 0 radical (unpaired) electrons. The molecule has 0 saturated heterocycles. The van der Waals surface area contributed by atoms with E-state index in [0.717, 1.165) is 11.3 Å². The van der Waals surface area contributed by atoms with E-state index < -0.39 is 7.60 Å². The largest absolute Gasteiger partial charge is 0.377 e. The van der Waals surface area contributed by atoms with Crippen molar-refractivity contribution in [3.05, 3.63) is 41.7 Å². The van der Waals surface area contributed by atoms with E-state index in [9.17, 15) is 4.57 Å². The molecule has 0 saturated carbocycles. The molecule has 0 unspecified atom stereocenters. The minimum absolute atomic E-state index is 0.350. The summed E-state index contributed by atoms with van der Waals surface area (Å²) < 4.78 is 23.2. The first-order valence-electron chi connectivity index (χ1n) is 6.36. The average molecular weight is 283 g/mol. The third-order valence-electron chi connectivity index (χ3n) is 2.45. The molecule has 0 aliphatic carbocycles. The molecule has 4 nitrogen and oxygen atoms in total. The van der Waals surface area contributed by atoms with Crippen molar-refractivity contribution in [1.29, 1.82) is 0 Å². The fourth-order valence-electron chi connectivity index (χ4n) is 1.68. The van der Waals surface area contributed by atoms with Gasteiger partial charge in [-0.1, -0.05) is 30.3 Å². The molecule has 0 fully saturated rings. The lowest BCUT2D eigenvalue weighted by Crippen LogP contribution is -2.10. The van der Waals surface area contributed by atoms with Crippen molar-refractivity contribution in [2.75, 3.05) is 27.3 Å². The second kappa shape index (κ2) is 7.49. The summed E-state index contributed by atoms with van der Waals surface area (Å²) in [5.41, 5.74) is 1.80. The van der Waals surface area contributed by atoms with Crippen molar-refractivity contribution in [1.82, 2.24) is 4.90 Å². The van der Waals surface area contributed by atoms with Crippen LogP contribution in [0.5, 0.6) is 0 Å². The van der Waals surface area contributed by atoms with Gasteiger partial charge in [0.05, 0.1) is 24.7 Å².